The van der Waals surface area contributed by atoms with Crippen LogP contribution in [0.25, 0.3) is 5.69 Å². The molecule has 0 atom stereocenters. The van der Waals surface area contributed by atoms with Crippen molar-refractivity contribution in [3.8, 4) is 5.69 Å². The van der Waals surface area contributed by atoms with Crippen molar-refractivity contribution in [3.05, 3.63) is 82.6 Å². The van der Waals surface area contributed by atoms with Crippen molar-refractivity contribution in [1.82, 2.24) is 9.78 Å². The minimum Gasteiger partial charge on any atom is -0.288 e. The molecule has 0 amide bonds. The number of nitrogens with zero attached hydrogens (tertiary/aromatic N) is 2. The van der Waals surface area contributed by atoms with Gasteiger partial charge in [0, 0.05) is 16.8 Å². The molecule has 1 heterocycles. The maximum absolute atomic E-state index is 12.6. The van der Waals surface area contributed by atoms with Crippen LogP contribution < -0.4 is 0 Å². The summed E-state index contributed by atoms with van der Waals surface area (Å²) in [4.78, 5) is 12.6. The molecule has 0 aliphatic rings. The van der Waals surface area contributed by atoms with Crippen LogP contribution in [0.2, 0.25) is 5.02 Å². The minimum absolute atomic E-state index is 0.0721. The van der Waals surface area contributed by atoms with Crippen LogP contribution in [-0.2, 0) is 0 Å². The van der Waals surface area contributed by atoms with Crippen molar-refractivity contribution in [2.24, 2.45) is 0 Å². The maximum atomic E-state index is 12.6. The van der Waals surface area contributed by atoms with E-state index in [1.54, 1.807) is 35.3 Å². The fraction of sp³-hybridized carbons (Fsp3) is 0.0588. The minimum atomic E-state index is -0.0721. The Morgan fingerprint density at radius 1 is 1.10 bits per heavy atom. The molecule has 0 aliphatic carbocycles. The largest absolute Gasteiger partial charge is 0.288 e. The molecule has 0 saturated heterocycles. The zero-order valence-electron chi connectivity index (χ0n) is 11.5. The third-order valence-corrected chi connectivity index (χ3v) is 3.79. The second-order valence-electron chi connectivity index (χ2n) is 4.75. The third kappa shape index (κ3) is 2.60. The molecule has 0 bridgehead atoms. The van der Waals surface area contributed by atoms with Gasteiger partial charge in [0.2, 0.25) is 0 Å². The lowest BCUT2D eigenvalue weighted by atomic mass is 10.0. The van der Waals surface area contributed by atoms with E-state index in [1.807, 2.05) is 37.3 Å². The molecule has 3 rings (SSSR count). The Morgan fingerprint density at radius 3 is 2.62 bits per heavy atom. The van der Waals surface area contributed by atoms with Gasteiger partial charge in [0.1, 0.15) is 0 Å². The summed E-state index contributed by atoms with van der Waals surface area (Å²) < 4.78 is 1.69. The van der Waals surface area contributed by atoms with Crippen molar-refractivity contribution in [2.75, 3.05) is 0 Å². The van der Waals surface area contributed by atoms with Crippen LogP contribution in [-0.4, -0.2) is 15.6 Å². The molecule has 0 N–H and O–H groups in total. The third-order valence-electron chi connectivity index (χ3n) is 3.38. The number of hydrogen-bond donors (Lipinski definition) is 0. The molecule has 104 valence electrons. The van der Waals surface area contributed by atoms with E-state index >= 15 is 0 Å². The lowest BCUT2D eigenvalue weighted by Gasteiger charge is -2.04. The van der Waals surface area contributed by atoms with Crippen LogP contribution in [0.4, 0.5) is 0 Å². The summed E-state index contributed by atoms with van der Waals surface area (Å²) in [5.41, 5.74) is 2.86. The average Bonchev–Trinajstić information content (AvgIpc) is 3.00. The van der Waals surface area contributed by atoms with E-state index in [0.717, 1.165) is 11.3 Å². The van der Waals surface area contributed by atoms with E-state index < -0.39 is 0 Å². The predicted molar refractivity (Wildman–Crippen MR) is 83.2 cm³/mol. The summed E-state index contributed by atoms with van der Waals surface area (Å²) in [7, 11) is 0. The fourth-order valence-corrected chi connectivity index (χ4v) is 2.35. The van der Waals surface area contributed by atoms with Gasteiger partial charge in [-0.3, -0.25) is 4.79 Å². The first kappa shape index (κ1) is 13.6. The normalized spacial score (nSPS) is 10.6. The van der Waals surface area contributed by atoms with Crippen LogP contribution >= 0.6 is 11.6 Å². The first-order chi connectivity index (χ1) is 10.2. The summed E-state index contributed by atoms with van der Waals surface area (Å²) in [6.07, 6.45) is 3.31. The molecule has 3 nitrogen and oxygen atoms in total. The van der Waals surface area contributed by atoms with Gasteiger partial charge in [-0.25, -0.2) is 4.68 Å². The van der Waals surface area contributed by atoms with E-state index in [4.69, 9.17) is 11.6 Å². The van der Waals surface area contributed by atoms with Crippen molar-refractivity contribution in [1.29, 1.82) is 0 Å². The molecule has 0 spiro atoms. The van der Waals surface area contributed by atoms with Gasteiger partial charge in [-0.15, -0.1) is 0 Å². The number of benzene rings is 2. The second-order valence-corrected chi connectivity index (χ2v) is 5.16. The summed E-state index contributed by atoms with van der Waals surface area (Å²) >= 11 is 6.07. The van der Waals surface area contributed by atoms with Crippen LogP contribution in [0.5, 0.6) is 0 Å². The molecule has 4 heteroatoms. The number of hydrogen-bond acceptors (Lipinski definition) is 2. The lowest BCUT2D eigenvalue weighted by molar-refractivity contribution is 0.103. The Morgan fingerprint density at radius 2 is 1.86 bits per heavy atom. The van der Waals surface area contributed by atoms with Gasteiger partial charge in [0.15, 0.2) is 5.78 Å². The molecule has 0 saturated carbocycles. The lowest BCUT2D eigenvalue weighted by Crippen LogP contribution is -2.03. The SMILES string of the molecule is Cc1c(Cl)cccc1C(=O)c1cnn(-c2ccccc2)c1. The van der Waals surface area contributed by atoms with Crippen LogP contribution in [0.15, 0.2) is 60.9 Å². The number of rotatable bonds is 3. The number of carbonyl (C=O) groups is 1. The van der Waals surface area contributed by atoms with Crippen LogP contribution in [0.3, 0.4) is 0 Å². The standard InChI is InChI=1S/C17H13ClN2O/c1-12-15(8-5-9-16(12)18)17(21)13-10-19-20(11-13)14-6-3-2-4-7-14/h2-11H,1H3. The van der Waals surface area contributed by atoms with Crippen molar-refractivity contribution in [2.45, 2.75) is 6.92 Å². The molecule has 0 aliphatic heterocycles. The highest BCUT2D eigenvalue weighted by atomic mass is 35.5. The van der Waals surface area contributed by atoms with Crippen LogP contribution in [0, 0.1) is 6.92 Å². The molecule has 21 heavy (non-hydrogen) atoms. The predicted octanol–water partition coefficient (Wildman–Crippen LogP) is 4.07. The van der Waals surface area contributed by atoms with Crippen LogP contribution in [0.1, 0.15) is 21.5 Å². The first-order valence-corrected chi connectivity index (χ1v) is 6.94. The van der Waals surface area contributed by atoms with Gasteiger partial charge in [0.25, 0.3) is 0 Å². The number of aromatic nitrogens is 2. The van der Waals surface area contributed by atoms with E-state index in [9.17, 15) is 4.79 Å². The molecule has 3 aromatic rings. The summed E-state index contributed by atoms with van der Waals surface area (Å²) in [5, 5.41) is 4.84. The number of carbonyl (C=O) groups excluding carboxylic acids is 1. The first-order valence-electron chi connectivity index (χ1n) is 6.57. The molecule has 0 fully saturated rings. The Kier molecular flexibility index (Phi) is 3.59. The highest BCUT2D eigenvalue weighted by Crippen LogP contribution is 2.21. The van der Waals surface area contributed by atoms with E-state index in [1.165, 1.54) is 0 Å². The summed E-state index contributed by atoms with van der Waals surface area (Å²) in [5.74, 6) is -0.0721. The smallest absolute Gasteiger partial charge is 0.196 e. The molecule has 2 aromatic carbocycles. The second kappa shape index (κ2) is 5.54. The zero-order valence-corrected chi connectivity index (χ0v) is 12.2. The number of halogens is 1. The Bertz CT molecular complexity index is 794. The highest BCUT2D eigenvalue weighted by Gasteiger charge is 2.15. The van der Waals surface area contributed by atoms with E-state index in [2.05, 4.69) is 5.10 Å². The highest BCUT2D eigenvalue weighted by molar-refractivity contribution is 6.32. The Balaban J connectivity index is 1.97. The van der Waals surface area contributed by atoms with E-state index in [0.29, 0.717) is 16.1 Å². The van der Waals surface area contributed by atoms with Gasteiger partial charge in [-0.1, -0.05) is 41.9 Å². The maximum Gasteiger partial charge on any atom is 0.196 e. The summed E-state index contributed by atoms with van der Waals surface area (Å²) in [6.45, 7) is 1.84. The van der Waals surface area contributed by atoms with Crippen molar-refractivity contribution < 1.29 is 4.79 Å². The quantitative estimate of drug-likeness (QED) is 0.683. The molecular formula is C17H13ClN2O. The van der Waals surface area contributed by atoms with Gasteiger partial charge in [0.05, 0.1) is 17.4 Å². The number of para-hydroxylation sites is 1. The molecule has 1 aromatic heterocycles. The van der Waals surface area contributed by atoms with Crippen molar-refractivity contribution >= 4 is 17.4 Å². The fourth-order valence-electron chi connectivity index (χ4n) is 2.17. The number of ketones is 1. The molecular weight excluding hydrogens is 284 g/mol. The van der Waals surface area contributed by atoms with Gasteiger partial charge >= 0.3 is 0 Å². The topological polar surface area (TPSA) is 34.9 Å². The average molecular weight is 297 g/mol. The van der Waals surface area contributed by atoms with Gasteiger partial charge < -0.3 is 0 Å². The molecule has 0 radical (unpaired) electrons. The van der Waals surface area contributed by atoms with Crippen molar-refractivity contribution in [3.63, 3.8) is 0 Å². The van der Waals surface area contributed by atoms with Gasteiger partial charge in [-0.05, 0) is 30.7 Å². The zero-order chi connectivity index (χ0) is 14.8. The molecule has 0 unspecified atom stereocenters. The van der Waals surface area contributed by atoms with E-state index in [-0.39, 0.29) is 5.78 Å². The summed E-state index contributed by atoms with van der Waals surface area (Å²) in [6, 6.07) is 15.0. The monoisotopic (exact) mass is 296 g/mol. The van der Waals surface area contributed by atoms with Gasteiger partial charge in [-0.2, -0.15) is 5.10 Å². The Labute approximate surface area is 127 Å². The Hall–Kier alpha value is -2.39.